The monoisotopic (exact) mass is 310 g/mol. The van der Waals surface area contributed by atoms with Gasteiger partial charge >= 0.3 is 0 Å². The van der Waals surface area contributed by atoms with Crippen molar-refractivity contribution >= 4 is 11.8 Å². The van der Waals surface area contributed by atoms with E-state index >= 15 is 0 Å². The number of nitrogens with one attached hydrogen (secondary N) is 1. The van der Waals surface area contributed by atoms with Crippen LogP contribution in [0.3, 0.4) is 0 Å². The molecule has 3 aliphatic rings. The van der Waals surface area contributed by atoms with Crippen molar-refractivity contribution < 1.29 is 0 Å². The zero-order valence-electron chi connectivity index (χ0n) is 14.2. The van der Waals surface area contributed by atoms with E-state index in [1.165, 1.54) is 63.9 Å². The van der Waals surface area contributed by atoms with Crippen LogP contribution in [0.2, 0.25) is 0 Å². The highest BCUT2D eigenvalue weighted by molar-refractivity contribution is 8.00. The van der Waals surface area contributed by atoms with Crippen LogP contribution in [-0.4, -0.2) is 47.6 Å². The second-order valence-electron chi connectivity index (χ2n) is 8.12. The van der Waals surface area contributed by atoms with Crippen molar-refractivity contribution in [1.82, 2.24) is 10.2 Å². The second kappa shape index (κ2) is 6.80. The van der Waals surface area contributed by atoms with Gasteiger partial charge in [0, 0.05) is 42.7 Å². The fraction of sp³-hybridized carbons (Fsp3) is 1.00. The van der Waals surface area contributed by atoms with Gasteiger partial charge in [-0.2, -0.15) is 11.8 Å². The van der Waals surface area contributed by atoms with Crippen molar-refractivity contribution in [3.05, 3.63) is 0 Å². The molecular weight excluding hydrogens is 276 g/mol. The summed E-state index contributed by atoms with van der Waals surface area (Å²) in [6.07, 6.45) is 8.61. The predicted molar refractivity (Wildman–Crippen MR) is 94.0 cm³/mol. The Morgan fingerprint density at radius 3 is 2.48 bits per heavy atom. The Morgan fingerprint density at radius 2 is 1.81 bits per heavy atom. The maximum atomic E-state index is 3.87. The molecule has 21 heavy (non-hydrogen) atoms. The minimum atomic E-state index is 0.561. The van der Waals surface area contributed by atoms with Gasteiger partial charge in [0.15, 0.2) is 0 Å². The van der Waals surface area contributed by atoms with E-state index in [0.717, 1.165) is 23.3 Å². The zero-order chi connectivity index (χ0) is 14.9. The Hall–Kier alpha value is 0.270. The van der Waals surface area contributed by atoms with Crippen LogP contribution < -0.4 is 5.32 Å². The van der Waals surface area contributed by atoms with E-state index in [9.17, 15) is 0 Å². The molecule has 3 heteroatoms. The summed E-state index contributed by atoms with van der Waals surface area (Å²) in [7, 11) is 0. The van der Waals surface area contributed by atoms with Crippen LogP contribution in [0.15, 0.2) is 0 Å². The van der Waals surface area contributed by atoms with Crippen LogP contribution in [0.1, 0.15) is 59.3 Å². The summed E-state index contributed by atoms with van der Waals surface area (Å²) in [5, 5.41) is 4.67. The molecule has 2 unspecified atom stereocenters. The SMILES string of the molecule is CC1CCC(CNC2CC2)(CN2CCSC(C)C2C)CC1. The van der Waals surface area contributed by atoms with Gasteiger partial charge < -0.3 is 5.32 Å². The largest absolute Gasteiger partial charge is 0.313 e. The first-order valence-electron chi connectivity index (χ1n) is 9.17. The molecule has 2 aliphatic carbocycles. The van der Waals surface area contributed by atoms with Gasteiger partial charge in [0.2, 0.25) is 0 Å². The van der Waals surface area contributed by atoms with Gasteiger partial charge in [-0.05, 0) is 43.9 Å². The lowest BCUT2D eigenvalue weighted by molar-refractivity contribution is 0.0679. The lowest BCUT2D eigenvalue weighted by atomic mass is 9.70. The molecule has 122 valence electrons. The smallest absolute Gasteiger partial charge is 0.0184 e. The first-order valence-corrected chi connectivity index (χ1v) is 10.2. The summed E-state index contributed by atoms with van der Waals surface area (Å²) in [5.74, 6) is 2.28. The highest BCUT2D eigenvalue weighted by atomic mass is 32.2. The lowest BCUT2D eigenvalue weighted by Gasteiger charge is -2.47. The highest BCUT2D eigenvalue weighted by Gasteiger charge is 2.39. The molecular formula is C18H34N2S. The van der Waals surface area contributed by atoms with Gasteiger partial charge in [0.05, 0.1) is 0 Å². The zero-order valence-corrected chi connectivity index (χ0v) is 15.1. The molecule has 2 saturated carbocycles. The topological polar surface area (TPSA) is 15.3 Å². The van der Waals surface area contributed by atoms with Crippen LogP contribution in [-0.2, 0) is 0 Å². The van der Waals surface area contributed by atoms with Crippen LogP contribution in [0.5, 0.6) is 0 Å². The fourth-order valence-corrected chi connectivity index (χ4v) is 5.23. The third kappa shape index (κ3) is 4.17. The van der Waals surface area contributed by atoms with Crippen molar-refractivity contribution in [2.45, 2.75) is 76.6 Å². The summed E-state index contributed by atoms with van der Waals surface area (Å²) < 4.78 is 0. The molecule has 0 radical (unpaired) electrons. The summed E-state index contributed by atoms with van der Waals surface area (Å²) in [5.41, 5.74) is 0.561. The van der Waals surface area contributed by atoms with E-state index in [4.69, 9.17) is 0 Å². The molecule has 3 fully saturated rings. The number of rotatable bonds is 5. The molecule has 1 aliphatic heterocycles. The third-order valence-corrected chi connectivity index (χ3v) is 7.57. The van der Waals surface area contributed by atoms with Crippen molar-refractivity contribution in [1.29, 1.82) is 0 Å². The van der Waals surface area contributed by atoms with Gasteiger partial charge in [-0.25, -0.2) is 0 Å². The van der Waals surface area contributed by atoms with Crippen molar-refractivity contribution in [2.75, 3.05) is 25.4 Å². The van der Waals surface area contributed by atoms with Crippen molar-refractivity contribution in [3.63, 3.8) is 0 Å². The maximum Gasteiger partial charge on any atom is 0.0184 e. The number of thioether (sulfide) groups is 1. The van der Waals surface area contributed by atoms with E-state index in [1.807, 2.05) is 0 Å². The second-order valence-corrected chi connectivity index (χ2v) is 9.61. The normalized spacial score (nSPS) is 42.1. The molecule has 0 aromatic heterocycles. The number of hydrogen-bond donors (Lipinski definition) is 1. The quantitative estimate of drug-likeness (QED) is 0.832. The van der Waals surface area contributed by atoms with Crippen LogP contribution in [0, 0.1) is 11.3 Å². The maximum absolute atomic E-state index is 3.87. The van der Waals surface area contributed by atoms with E-state index < -0.39 is 0 Å². The minimum absolute atomic E-state index is 0.561. The van der Waals surface area contributed by atoms with Crippen molar-refractivity contribution in [2.24, 2.45) is 11.3 Å². The van der Waals surface area contributed by atoms with Gasteiger partial charge in [-0.3, -0.25) is 4.90 Å². The average molecular weight is 311 g/mol. The lowest BCUT2D eigenvalue weighted by Crippen LogP contribution is -2.53. The van der Waals surface area contributed by atoms with E-state index in [2.05, 4.69) is 42.7 Å². The molecule has 3 rings (SSSR count). The van der Waals surface area contributed by atoms with Gasteiger partial charge in [-0.15, -0.1) is 0 Å². The Balaban J connectivity index is 1.62. The molecule has 2 atom stereocenters. The van der Waals surface area contributed by atoms with Gasteiger partial charge in [-0.1, -0.05) is 26.7 Å². The average Bonchev–Trinajstić information content (AvgIpc) is 3.29. The third-order valence-electron chi connectivity index (χ3n) is 6.23. The summed E-state index contributed by atoms with van der Waals surface area (Å²) >= 11 is 2.16. The van der Waals surface area contributed by atoms with Crippen molar-refractivity contribution in [3.8, 4) is 0 Å². The molecule has 0 spiro atoms. The first kappa shape index (κ1) is 16.1. The standard InChI is InChI=1S/C18H34N2S/c1-14-6-8-18(9-7-14,12-19-17-4-5-17)13-20-10-11-21-16(3)15(20)2/h14-17,19H,4-13H2,1-3H3. The van der Waals surface area contributed by atoms with Gasteiger partial charge in [0.25, 0.3) is 0 Å². The molecule has 0 amide bonds. The summed E-state index contributed by atoms with van der Waals surface area (Å²) in [6, 6.07) is 1.61. The Labute approximate surface area is 135 Å². The highest BCUT2D eigenvalue weighted by Crippen LogP contribution is 2.41. The Bertz CT molecular complexity index is 334. The molecule has 0 aromatic rings. The van der Waals surface area contributed by atoms with E-state index in [-0.39, 0.29) is 0 Å². The molecule has 2 nitrogen and oxygen atoms in total. The van der Waals surface area contributed by atoms with Crippen LogP contribution in [0.4, 0.5) is 0 Å². The predicted octanol–water partition coefficient (Wildman–Crippen LogP) is 3.76. The summed E-state index contributed by atoms with van der Waals surface area (Å²) in [4.78, 5) is 2.81. The van der Waals surface area contributed by atoms with E-state index in [1.54, 1.807) is 0 Å². The number of hydrogen-bond acceptors (Lipinski definition) is 3. The number of nitrogens with zero attached hydrogens (tertiary/aromatic N) is 1. The van der Waals surface area contributed by atoms with E-state index in [0.29, 0.717) is 5.41 Å². The molecule has 1 heterocycles. The first-order chi connectivity index (χ1) is 10.1. The molecule has 1 N–H and O–H groups in total. The minimum Gasteiger partial charge on any atom is -0.313 e. The molecule has 0 bridgehead atoms. The molecule has 1 saturated heterocycles. The van der Waals surface area contributed by atoms with Gasteiger partial charge in [0.1, 0.15) is 0 Å². The summed E-state index contributed by atoms with van der Waals surface area (Å²) in [6.45, 7) is 11.2. The van der Waals surface area contributed by atoms with Crippen LogP contribution in [0.25, 0.3) is 0 Å². The fourth-order valence-electron chi connectivity index (χ4n) is 4.06. The Morgan fingerprint density at radius 1 is 1.10 bits per heavy atom. The van der Waals surface area contributed by atoms with Crippen LogP contribution >= 0.6 is 11.8 Å². The molecule has 0 aromatic carbocycles. The Kier molecular flexibility index (Phi) is 5.23.